The molecule has 0 spiro atoms. The summed E-state index contributed by atoms with van der Waals surface area (Å²) >= 11 is 0. The van der Waals surface area contributed by atoms with Gasteiger partial charge in [0.15, 0.2) is 0 Å². The molecule has 1 aliphatic rings. The maximum Gasteiger partial charge on any atom is 0.123 e. The summed E-state index contributed by atoms with van der Waals surface area (Å²) in [6, 6.07) is 17.4. The molecule has 1 aromatic heterocycles. The van der Waals surface area contributed by atoms with Crippen LogP contribution in [0.15, 0.2) is 79.1 Å². The molecule has 0 N–H and O–H groups in total. The highest BCUT2D eigenvalue weighted by molar-refractivity contribution is 5.80. The van der Waals surface area contributed by atoms with E-state index < -0.39 is 0 Å². The van der Waals surface area contributed by atoms with Crippen LogP contribution in [-0.2, 0) is 6.42 Å². The van der Waals surface area contributed by atoms with E-state index in [0.717, 1.165) is 49.1 Å². The Morgan fingerprint density at radius 2 is 1.44 bits per heavy atom. The Kier molecular flexibility index (Phi) is 10.2. The molecule has 1 aliphatic heterocycles. The van der Waals surface area contributed by atoms with E-state index in [0.29, 0.717) is 5.92 Å². The second kappa shape index (κ2) is 14.0. The minimum Gasteiger partial charge on any atom is -0.303 e. The zero-order valence-corrected chi connectivity index (χ0v) is 21.2. The number of piperidine rings is 1. The standard InChI is InChI=1S/C32H38F2N2/c33-30-14-7-12-28(23-30)32(29-13-8-15-31(34)24-29)22-26-16-20-36(21-17-26)19-6-4-2-1-3-5-10-27-11-9-18-35-25-27/h7-9,11-15,18,22-26H,1-6,10,16-17,19-21H2. The molecule has 0 bridgehead atoms. The van der Waals surface area contributed by atoms with Crippen LogP contribution in [0, 0.1) is 17.6 Å². The Labute approximate surface area is 215 Å². The lowest BCUT2D eigenvalue weighted by molar-refractivity contribution is 0.199. The third-order valence-corrected chi connectivity index (χ3v) is 7.22. The van der Waals surface area contributed by atoms with Crippen molar-refractivity contribution in [2.24, 2.45) is 5.92 Å². The van der Waals surface area contributed by atoms with Gasteiger partial charge in [0.05, 0.1) is 0 Å². The zero-order chi connectivity index (χ0) is 25.0. The number of aryl methyl sites for hydroxylation is 1. The number of hydrogen-bond donors (Lipinski definition) is 0. The first-order chi connectivity index (χ1) is 17.7. The first-order valence-electron chi connectivity index (χ1n) is 13.5. The molecule has 2 aromatic carbocycles. The van der Waals surface area contributed by atoms with E-state index in [1.54, 1.807) is 24.3 Å². The van der Waals surface area contributed by atoms with Crippen molar-refractivity contribution in [3.63, 3.8) is 0 Å². The monoisotopic (exact) mass is 488 g/mol. The SMILES string of the molecule is Fc1cccc(C(=CC2CCN(CCCCCCCCc3cccnc3)CC2)c2cccc(F)c2)c1. The van der Waals surface area contributed by atoms with Gasteiger partial charge in [-0.05, 0) is 110 Å². The van der Waals surface area contributed by atoms with Crippen LogP contribution in [-0.4, -0.2) is 29.5 Å². The highest BCUT2D eigenvalue weighted by Gasteiger charge is 2.19. The molecule has 0 atom stereocenters. The molecule has 1 saturated heterocycles. The Morgan fingerprint density at radius 1 is 0.806 bits per heavy atom. The van der Waals surface area contributed by atoms with Gasteiger partial charge in [0, 0.05) is 12.4 Å². The normalized spacial score (nSPS) is 14.6. The lowest BCUT2D eigenvalue weighted by atomic mass is 9.89. The lowest BCUT2D eigenvalue weighted by Gasteiger charge is -2.31. The third kappa shape index (κ3) is 8.37. The van der Waals surface area contributed by atoms with Crippen molar-refractivity contribution in [2.75, 3.05) is 19.6 Å². The molecule has 190 valence electrons. The summed E-state index contributed by atoms with van der Waals surface area (Å²) in [4.78, 5) is 6.77. The molecule has 3 aromatic rings. The van der Waals surface area contributed by atoms with Crippen LogP contribution in [0.5, 0.6) is 0 Å². The van der Waals surface area contributed by atoms with Gasteiger partial charge in [0.2, 0.25) is 0 Å². The fourth-order valence-corrected chi connectivity index (χ4v) is 5.17. The summed E-state index contributed by atoms with van der Waals surface area (Å²) in [6.45, 7) is 3.35. The summed E-state index contributed by atoms with van der Waals surface area (Å²) < 4.78 is 27.9. The highest BCUT2D eigenvalue weighted by atomic mass is 19.1. The van der Waals surface area contributed by atoms with Crippen LogP contribution in [0.4, 0.5) is 8.78 Å². The predicted molar refractivity (Wildman–Crippen MR) is 145 cm³/mol. The second-order valence-electron chi connectivity index (χ2n) is 10.0. The van der Waals surface area contributed by atoms with Gasteiger partial charge in [-0.25, -0.2) is 8.78 Å². The van der Waals surface area contributed by atoms with Crippen molar-refractivity contribution < 1.29 is 8.78 Å². The number of allylic oxidation sites excluding steroid dienone is 1. The number of aromatic nitrogens is 1. The molecule has 4 heteroatoms. The Balaban J connectivity index is 1.19. The van der Waals surface area contributed by atoms with Crippen molar-refractivity contribution in [3.8, 4) is 0 Å². The summed E-state index contributed by atoms with van der Waals surface area (Å²) in [5.41, 5.74) is 3.89. The number of nitrogens with zero attached hydrogens (tertiary/aromatic N) is 2. The van der Waals surface area contributed by atoms with E-state index in [2.05, 4.69) is 22.0 Å². The molecule has 0 aliphatic carbocycles. The molecule has 0 amide bonds. The van der Waals surface area contributed by atoms with Gasteiger partial charge in [0.1, 0.15) is 11.6 Å². The fourth-order valence-electron chi connectivity index (χ4n) is 5.17. The van der Waals surface area contributed by atoms with E-state index in [4.69, 9.17) is 0 Å². The average molecular weight is 489 g/mol. The molecule has 2 nitrogen and oxygen atoms in total. The Bertz CT molecular complexity index is 1040. The van der Waals surface area contributed by atoms with Crippen LogP contribution in [0.25, 0.3) is 5.57 Å². The molecule has 0 unspecified atom stereocenters. The van der Waals surface area contributed by atoms with Crippen LogP contribution in [0.3, 0.4) is 0 Å². The lowest BCUT2D eigenvalue weighted by Crippen LogP contribution is -2.34. The summed E-state index contributed by atoms with van der Waals surface area (Å²) in [7, 11) is 0. The topological polar surface area (TPSA) is 16.1 Å². The quantitative estimate of drug-likeness (QED) is 0.240. The molecule has 0 saturated carbocycles. The Morgan fingerprint density at radius 3 is 2.06 bits per heavy atom. The number of pyridine rings is 1. The zero-order valence-electron chi connectivity index (χ0n) is 21.2. The van der Waals surface area contributed by atoms with Crippen molar-refractivity contribution in [2.45, 2.75) is 57.8 Å². The van der Waals surface area contributed by atoms with E-state index in [9.17, 15) is 8.78 Å². The molecular weight excluding hydrogens is 450 g/mol. The first-order valence-corrected chi connectivity index (χ1v) is 13.5. The van der Waals surface area contributed by atoms with Crippen molar-refractivity contribution in [1.29, 1.82) is 0 Å². The van der Waals surface area contributed by atoms with Crippen LogP contribution in [0.1, 0.15) is 68.1 Å². The van der Waals surface area contributed by atoms with Crippen molar-refractivity contribution >= 4 is 5.57 Å². The van der Waals surface area contributed by atoms with Crippen molar-refractivity contribution in [1.82, 2.24) is 9.88 Å². The smallest absolute Gasteiger partial charge is 0.123 e. The van der Waals surface area contributed by atoms with Gasteiger partial charge in [0.25, 0.3) is 0 Å². The van der Waals surface area contributed by atoms with E-state index in [1.807, 2.05) is 30.6 Å². The van der Waals surface area contributed by atoms with E-state index in [-0.39, 0.29) is 11.6 Å². The largest absolute Gasteiger partial charge is 0.303 e. The molecule has 0 radical (unpaired) electrons. The van der Waals surface area contributed by atoms with Gasteiger partial charge >= 0.3 is 0 Å². The number of unbranched alkanes of at least 4 members (excludes halogenated alkanes) is 5. The Hall–Kier alpha value is -2.85. The number of halogens is 2. The summed E-state index contributed by atoms with van der Waals surface area (Å²) in [5, 5.41) is 0. The van der Waals surface area contributed by atoms with Crippen LogP contribution >= 0.6 is 0 Å². The van der Waals surface area contributed by atoms with Gasteiger partial charge in [-0.2, -0.15) is 0 Å². The van der Waals surface area contributed by atoms with Gasteiger partial charge in [-0.1, -0.05) is 62.1 Å². The average Bonchev–Trinajstić information content (AvgIpc) is 2.90. The first kappa shape index (κ1) is 26.2. The highest BCUT2D eigenvalue weighted by Crippen LogP contribution is 2.29. The van der Waals surface area contributed by atoms with Crippen LogP contribution in [0.2, 0.25) is 0 Å². The maximum atomic E-state index is 13.9. The summed E-state index contributed by atoms with van der Waals surface area (Å²) in [6.07, 6.45) is 17.1. The number of benzene rings is 2. The van der Waals surface area contributed by atoms with Crippen LogP contribution < -0.4 is 0 Å². The van der Waals surface area contributed by atoms with E-state index in [1.165, 1.54) is 62.8 Å². The minimum atomic E-state index is -0.266. The second-order valence-corrected chi connectivity index (χ2v) is 10.0. The molecule has 2 heterocycles. The maximum absolute atomic E-state index is 13.9. The molecular formula is C32H38F2N2. The fraction of sp³-hybridized carbons (Fsp3) is 0.406. The van der Waals surface area contributed by atoms with Crippen molar-refractivity contribution in [3.05, 3.63) is 107 Å². The number of likely N-dealkylation sites (tertiary alicyclic amines) is 1. The third-order valence-electron chi connectivity index (χ3n) is 7.22. The molecule has 1 fully saturated rings. The predicted octanol–water partition coefficient (Wildman–Crippen LogP) is 8.09. The minimum absolute atomic E-state index is 0.266. The molecule has 4 rings (SSSR count). The van der Waals surface area contributed by atoms with Gasteiger partial charge in [-0.15, -0.1) is 0 Å². The van der Waals surface area contributed by atoms with Gasteiger partial charge in [-0.3, -0.25) is 4.98 Å². The van der Waals surface area contributed by atoms with Gasteiger partial charge < -0.3 is 4.90 Å². The summed E-state index contributed by atoms with van der Waals surface area (Å²) in [5.74, 6) is -0.112. The van der Waals surface area contributed by atoms with E-state index >= 15 is 0 Å². The molecule has 36 heavy (non-hydrogen) atoms. The number of hydrogen-bond acceptors (Lipinski definition) is 2. The number of rotatable bonds is 12.